The van der Waals surface area contributed by atoms with Crippen LogP contribution in [0, 0.1) is 11.8 Å². The fourth-order valence-electron chi connectivity index (χ4n) is 4.13. The molecular weight excluding hydrogens is 324 g/mol. The highest BCUT2D eigenvalue weighted by Crippen LogP contribution is 2.18. The molecule has 0 spiro atoms. The van der Waals surface area contributed by atoms with Crippen molar-refractivity contribution >= 4 is 5.96 Å². The van der Waals surface area contributed by atoms with Crippen molar-refractivity contribution < 1.29 is 0 Å². The van der Waals surface area contributed by atoms with Gasteiger partial charge < -0.3 is 15.5 Å². The molecule has 6 heteroatoms. The summed E-state index contributed by atoms with van der Waals surface area (Å²) in [5, 5.41) is 7.29. The van der Waals surface area contributed by atoms with Crippen LogP contribution in [0.5, 0.6) is 0 Å². The molecule has 0 radical (unpaired) electrons. The predicted molar refractivity (Wildman–Crippen MR) is 112 cm³/mol. The van der Waals surface area contributed by atoms with E-state index in [1.54, 1.807) is 0 Å². The number of piperazine rings is 1. The molecule has 0 saturated carbocycles. The van der Waals surface area contributed by atoms with Crippen LogP contribution >= 0.6 is 0 Å². The summed E-state index contributed by atoms with van der Waals surface area (Å²) in [6, 6.07) is 1.64. The van der Waals surface area contributed by atoms with Crippen LogP contribution in [-0.2, 0) is 0 Å². The Balaban J connectivity index is 1.86. The topological polar surface area (TPSA) is 46.1 Å². The normalized spacial score (nSPS) is 28.1. The molecule has 0 aromatic heterocycles. The maximum Gasteiger partial charge on any atom is 0.191 e. The number of hydrogen-bond donors (Lipinski definition) is 2. The highest BCUT2D eigenvalue weighted by atomic mass is 15.3. The Morgan fingerprint density at radius 2 is 1.69 bits per heavy atom. The van der Waals surface area contributed by atoms with Gasteiger partial charge >= 0.3 is 0 Å². The SMILES string of the molecule is CN=C(NCC(C(C)C)N1CCN(C)CC1)NC1CN(C(C)C)CC1C. The molecule has 2 heterocycles. The molecule has 152 valence electrons. The van der Waals surface area contributed by atoms with Crippen molar-refractivity contribution in [1.82, 2.24) is 25.3 Å². The lowest BCUT2D eigenvalue weighted by atomic mass is 10.0. The minimum absolute atomic E-state index is 0.477. The van der Waals surface area contributed by atoms with Crippen LogP contribution in [0.4, 0.5) is 0 Å². The van der Waals surface area contributed by atoms with E-state index in [0.29, 0.717) is 30.0 Å². The minimum atomic E-state index is 0.477. The van der Waals surface area contributed by atoms with Crippen LogP contribution in [0.1, 0.15) is 34.6 Å². The van der Waals surface area contributed by atoms with E-state index in [1.807, 2.05) is 7.05 Å². The summed E-state index contributed by atoms with van der Waals surface area (Å²) < 4.78 is 0. The first-order chi connectivity index (χ1) is 12.3. The first kappa shape index (κ1) is 21.5. The molecule has 0 aliphatic carbocycles. The zero-order chi connectivity index (χ0) is 19.3. The monoisotopic (exact) mass is 366 g/mol. The van der Waals surface area contributed by atoms with Gasteiger partial charge in [-0.05, 0) is 32.7 Å². The second-order valence-corrected chi connectivity index (χ2v) is 8.88. The molecule has 3 unspecified atom stereocenters. The Hall–Kier alpha value is -0.850. The van der Waals surface area contributed by atoms with Gasteiger partial charge in [0.1, 0.15) is 0 Å². The van der Waals surface area contributed by atoms with Gasteiger partial charge in [0.15, 0.2) is 5.96 Å². The second kappa shape index (κ2) is 9.90. The van der Waals surface area contributed by atoms with Gasteiger partial charge in [-0.3, -0.25) is 14.8 Å². The first-order valence-electron chi connectivity index (χ1n) is 10.5. The third kappa shape index (κ3) is 5.83. The van der Waals surface area contributed by atoms with Crippen molar-refractivity contribution in [3.05, 3.63) is 0 Å². The smallest absolute Gasteiger partial charge is 0.191 e. The van der Waals surface area contributed by atoms with Crippen molar-refractivity contribution in [3.8, 4) is 0 Å². The predicted octanol–water partition coefficient (Wildman–Crippen LogP) is 1.15. The third-order valence-corrected chi connectivity index (χ3v) is 6.17. The number of hydrogen-bond acceptors (Lipinski definition) is 4. The summed E-state index contributed by atoms with van der Waals surface area (Å²) in [4.78, 5) is 12.1. The van der Waals surface area contributed by atoms with Gasteiger partial charge in [0, 0.05) is 71.0 Å². The summed E-state index contributed by atoms with van der Waals surface area (Å²) in [5.41, 5.74) is 0. The van der Waals surface area contributed by atoms with Crippen molar-refractivity contribution in [1.29, 1.82) is 0 Å². The number of aliphatic imine (C=N–C) groups is 1. The van der Waals surface area contributed by atoms with Gasteiger partial charge in [0.2, 0.25) is 0 Å². The standard InChI is InChI=1S/C20H42N6/c1-15(2)19(25-10-8-24(7)9-11-25)12-22-20(21-6)23-18-14-26(16(3)4)13-17(18)5/h15-19H,8-14H2,1-7H3,(H2,21,22,23). The van der Waals surface area contributed by atoms with Gasteiger partial charge in [-0.1, -0.05) is 20.8 Å². The Kier molecular flexibility index (Phi) is 8.17. The number of likely N-dealkylation sites (tertiary alicyclic amines) is 1. The largest absolute Gasteiger partial charge is 0.355 e. The van der Waals surface area contributed by atoms with E-state index in [1.165, 1.54) is 19.6 Å². The maximum absolute atomic E-state index is 4.49. The fraction of sp³-hybridized carbons (Fsp3) is 0.950. The van der Waals surface area contributed by atoms with E-state index >= 15 is 0 Å². The van der Waals surface area contributed by atoms with E-state index in [0.717, 1.165) is 32.1 Å². The van der Waals surface area contributed by atoms with Crippen molar-refractivity contribution in [3.63, 3.8) is 0 Å². The highest BCUT2D eigenvalue weighted by molar-refractivity contribution is 5.80. The molecule has 2 N–H and O–H groups in total. The number of likely N-dealkylation sites (N-methyl/N-ethyl adjacent to an activating group) is 1. The minimum Gasteiger partial charge on any atom is -0.355 e. The molecule has 26 heavy (non-hydrogen) atoms. The van der Waals surface area contributed by atoms with Crippen LogP contribution in [0.25, 0.3) is 0 Å². The van der Waals surface area contributed by atoms with E-state index < -0.39 is 0 Å². The van der Waals surface area contributed by atoms with E-state index in [2.05, 4.69) is 72.0 Å². The lowest BCUT2D eigenvalue weighted by molar-refractivity contribution is 0.0899. The zero-order valence-electron chi connectivity index (χ0n) is 18.1. The van der Waals surface area contributed by atoms with Crippen LogP contribution in [0.2, 0.25) is 0 Å². The molecule has 2 aliphatic heterocycles. The maximum atomic E-state index is 4.49. The van der Waals surface area contributed by atoms with Crippen molar-refractivity contribution in [2.24, 2.45) is 16.8 Å². The lowest BCUT2D eigenvalue weighted by Crippen LogP contribution is -2.56. The Morgan fingerprint density at radius 3 is 2.19 bits per heavy atom. The molecule has 2 rings (SSSR count). The Labute approximate surface area is 161 Å². The molecule has 0 amide bonds. The molecule has 2 aliphatic rings. The van der Waals surface area contributed by atoms with Crippen LogP contribution in [0.15, 0.2) is 4.99 Å². The molecule has 2 saturated heterocycles. The van der Waals surface area contributed by atoms with E-state index in [4.69, 9.17) is 0 Å². The van der Waals surface area contributed by atoms with Gasteiger partial charge in [-0.25, -0.2) is 0 Å². The van der Waals surface area contributed by atoms with Crippen LogP contribution < -0.4 is 10.6 Å². The second-order valence-electron chi connectivity index (χ2n) is 8.88. The van der Waals surface area contributed by atoms with Gasteiger partial charge in [0.05, 0.1) is 0 Å². The van der Waals surface area contributed by atoms with Gasteiger partial charge in [0.25, 0.3) is 0 Å². The molecule has 2 fully saturated rings. The quantitative estimate of drug-likeness (QED) is 0.545. The zero-order valence-corrected chi connectivity index (χ0v) is 18.1. The Morgan fingerprint density at radius 1 is 1.04 bits per heavy atom. The number of nitrogens with one attached hydrogen (secondary N) is 2. The first-order valence-corrected chi connectivity index (χ1v) is 10.5. The van der Waals surface area contributed by atoms with E-state index in [9.17, 15) is 0 Å². The molecule has 0 aromatic carbocycles. The van der Waals surface area contributed by atoms with Crippen molar-refractivity contribution in [2.75, 3.05) is 59.9 Å². The molecule has 3 atom stereocenters. The Bertz CT molecular complexity index is 442. The lowest BCUT2D eigenvalue weighted by Gasteiger charge is -2.40. The third-order valence-electron chi connectivity index (χ3n) is 6.17. The summed E-state index contributed by atoms with van der Waals surface area (Å²) in [7, 11) is 4.10. The molecule has 6 nitrogen and oxygen atoms in total. The van der Waals surface area contributed by atoms with Gasteiger partial charge in [-0.2, -0.15) is 0 Å². The average Bonchev–Trinajstić information content (AvgIpc) is 2.96. The van der Waals surface area contributed by atoms with E-state index in [-0.39, 0.29) is 0 Å². The summed E-state index contributed by atoms with van der Waals surface area (Å²) in [5.74, 6) is 2.23. The number of nitrogens with zero attached hydrogens (tertiary/aromatic N) is 4. The number of rotatable bonds is 6. The fourth-order valence-corrected chi connectivity index (χ4v) is 4.13. The highest BCUT2D eigenvalue weighted by Gasteiger charge is 2.31. The molecule has 0 aromatic rings. The molecular formula is C20H42N6. The van der Waals surface area contributed by atoms with Crippen LogP contribution in [0.3, 0.4) is 0 Å². The molecule has 0 bridgehead atoms. The van der Waals surface area contributed by atoms with Crippen molar-refractivity contribution in [2.45, 2.75) is 52.7 Å². The summed E-state index contributed by atoms with van der Waals surface area (Å²) >= 11 is 0. The summed E-state index contributed by atoms with van der Waals surface area (Å²) in [6.45, 7) is 19.5. The average molecular weight is 367 g/mol. The number of guanidine groups is 1. The van der Waals surface area contributed by atoms with Gasteiger partial charge in [-0.15, -0.1) is 0 Å². The van der Waals surface area contributed by atoms with Crippen LogP contribution in [-0.4, -0.2) is 98.7 Å². The summed E-state index contributed by atoms with van der Waals surface area (Å²) in [6.07, 6.45) is 0.